The fraction of sp³-hybridized carbons (Fsp3) is 0.400. The molecule has 0 aliphatic carbocycles. The zero-order valence-corrected chi connectivity index (χ0v) is 20.8. The number of aromatic nitrogens is 5. The molecule has 1 aliphatic rings. The smallest absolute Gasteiger partial charge is 0.140 e. The lowest BCUT2D eigenvalue weighted by Gasteiger charge is -2.27. The van der Waals surface area contributed by atoms with E-state index in [2.05, 4.69) is 51.6 Å². The van der Waals surface area contributed by atoms with Crippen molar-refractivity contribution in [2.75, 3.05) is 56.1 Å². The molecule has 1 saturated heterocycles. The maximum atomic E-state index is 5.98. The van der Waals surface area contributed by atoms with Crippen molar-refractivity contribution in [3.8, 4) is 22.5 Å². The van der Waals surface area contributed by atoms with Crippen molar-refractivity contribution in [3.05, 3.63) is 49.1 Å². The number of rotatable bonds is 8. The van der Waals surface area contributed by atoms with Crippen LogP contribution in [0.25, 0.3) is 33.4 Å². The first kappa shape index (κ1) is 22.9. The molecular formula is C25H31N6O2S+. The molecule has 1 fully saturated rings. The van der Waals surface area contributed by atoms with Gasteiger partial charge in [-0.05, 0) is 35.2 Å². The van der Waals surface area contributed by atoms with Crippen LogP contribution in [-0.2, 0) is 34.1 Å². The SMILES string of the molecule is Cn1cnc(-c2ccc3c(c2)c(-c2ccnc(N4CCOCC4)c2)nn3COCC[S+](C)C)c1. The molecule has 4 aromatic rings. The summed E-state index contributed by atoms with van der Waals surface area (Å²) in [7, 11) is 2.35. The molecule has 0 unspecified atom stereocenters. The molecule has 178 valence electrons. The van der Waals surface area contributed by atoms with Crippen molar-refractivity contribution >= 4 is 27.6 Å². The van der Waals surface area contributed by atoms with Gasteiger partial charge in [-0.25, -0.2) is 14.6 Å². The van der Waals surface area contributed by atoms with Gasteiger partial charge in [-0.2, -0.15) is 5.10 Å². The standard InChI is InChI=1S/C25H31N6O2S/c1-29-16-22(27-17-29)19-4-5-23-21(14-19)25(28-31(23)18-33-12-13-34(2)3)20-6-7-26-24(15-20)30-8-10-32-11-9-30/h4-7,14-17H,8-13,18H2,1-3H3/q+1. The molecular weight excluding hydrogens is 448 g/mol. The Labute approximate surface area is 202 Å². The fourth-order valence-corrected chi connectivity index (χ4v) is 4.57. The summed E-state index contributed by atoms with van der Waals surface area (Å²) < 4.78 is 15.4. The second-order valence-electron chi connectivity index (χ2n) is 8.73. The average molecular weight is 480 g/mol. The van der Waals surface area contributed by atoms with Crippen LogP contribution in [0.4, 0.5) is 5.82 Å². The Kier molecular flexibility index (Phi) is 6.85. The van der Waals surface area contributed by atoms with E-state index in [1.807, 2.05) is 41.1 Å². The van der Waals surface area contributed by atoms with Gasteiger partial charge >= 0.3 is 0 Å². The maximum absolute atomic E-state index is 5.98. The minimum Gasteiger partial charge on any atom is -0.378 e. The van der Waals surface area contributed by atoms with E-state index in [-0.39, 0.29) is 0 Å². The highest BCUT2D eigenvalue weighted by Crippen LogP contribution is 2.32. The summed E-state index contributed by atoms with van der Waals surface area (Å²) >= 11 is 0. The van der Waals surface area contributed by atoms with Crippen molar-refractivity contribution in [1.29, 1.82) is 0 Å². The molecule has 9 heteroatoms. The van der Waals surface area contributed by atoms with E-state index < -0.39 is 0 Å². The number of anilines is 1. The molecule has 4 heterocycles. The van der Waals surface area contributed by atoms with Gasteiger partial charge in [0.1, 0.15) is 24.0 Å². The van der Waals surface area contributed by atoms with Gasteiger partial charge in [-0.1, -0.05) is 6.07 Å². The first-order valence-corrected chi connectivity index (χ1v) is 13.7. The van der Waals surface area contributed by atoms with E-state index in [1.165, 1.54) is 0 Å². The second-order valence-corrected chi connectivity index (χ2v) is 11.1. The number of hydrogen-bond donors (Lipinski definition) is 0. The Balaban J connectivity index is 1.53. The quantitative estimate of drug-likeness (QED) is 0.286. The van der Waals surface area contributed by atoms with Gasteiger partial charge in [0.05, 0.1) is 49.9 Å². The zero-order valence-electron chi connectivity index (χ0n) is 20.0. The number of nitrogens with zero attached hydrogens (tertiary/aromatic N) is 6. The monoisotopic (exact) mass is 479 g/mol. The van der Waals surface area contributed by atoms with Crippen LogP contribution in [-0.4, -0.2) is 75.5 Å². The Bertz CT molecular complexity index is 1260. The summed E-state index contributed by atoms with van der Waals surface area (Å²) in [6.07, 6.45) is 10.2. The van der Waals surface area contributed by atoms with Crippen LogP contribution in [0.1, 0.15) is 0 Å². The van der Waals surface area contributed by atoms with Crippen LogP contribution in [0, 0.1) is 0 Å². The van der Waals surface area contributed by atoms with E-state index in [9.17, 15) is 0 Å². The van der Waals surface area contributed by atoms with Crippen LogP contribution in [0.3, 0.4) is 0 Å². The summed E-state index contributed by atoms with van der Waals surface area (Å²) in [4.78, 5) is 11.4. The van der Waals surface area contributed by atoms with Gasteiger partial charge in [0.15, 0.2) is 0 Å². The number of ether oxygens (including phenoxy) is 2. The lowest BCUT2D eigenvalue weighted by Crippen LogP contribution is -2.36. The van der Waals surface area contributed by atoms with Gasteiger partial charge in [-0.3, -0.25) is 0 Å². The van der Waals surface area contributed by atoms with Crippen molar-refractivity contribution in [1.82, 2.24) is 24.3 Å². The molecule has 0 radical (unpaired) electrons. The number of fused-ring (bicyclic) bond motifs is 1. The van der Waals surface area contributed by atoms with Crippen molar-refractivity contribution < 1.29 is 9.47 Å². The largest absolute Gasteiger partial charge is 0.378 e. The number of imidazole rings is 1. The van der Waals surface area contributed by atoms with Crippen molar-refractivity contribution in [2.45, 2.75) is 6.73 Å². The summed E-state index contributed by atoms with van der Waals surface area (Å²) in [5.74, 6) is 2.02. The van der Waals surface area contributed by atoms with E-state index in [0.717, 1.165) is 77.9 Å². The molecule has 0 amide bonds. The normalized spacial score (nSPS) is 14.4. The predicted molar refractivity (Wildman–Crippen MR) is 138 cm³/mol. The molecule has 1 aliphatic heterocycles. The van der Waals surface area contributed by atoms with Gasteiger partial charge in [0.25, 0.3) is 0 Å². The summed E-state index contributed by atoms with van der Waals surface area (Å²) in [5.41, 5.74) is 5.03. The Morgan fingerprint density at radius 3 is 2.68 bits per heavy atom. The Morgan fingerprint density at radius 1 is 1.06 bits per heavy atom. The van der Waals surface area contributed by atoms with Crippen LogP contribution >= 0.6 is 0 Å². The molecule has 0 N–H and O–H groups in total. The first-order valence-electron chi connectivity index (χ1n) is 11.5. The van der Waals surface area contributed by atoms with E-state index in [1.54, 1.807) is 0 Å². The minimum atomic E-state index is 0.363. The number of pyridine rings is 1. The van der Waals surface area contributed by atoms with Crippen LogP contribution in [0.2, 0.25) is 0 Å². The lowest BCUT2D eigenvalue weighted by molar-refractivity contribution is 0.0843. The van der Waals surface area contributed by atoms with Gasteiger partial charge in [0, 0.05) is 49.0 Å². The Hall–Kier alpha value is -2.88. The molecule has 3 aromatic heterocycles. The Morgan fingerprint density at radius 2 is 1.91 bits per heavy atom. The molecule has 0 atom stereocenters. The number of morpholine rings is 1. The minimum absolute atomic E-state index is 0.363. The topological polar surface area (TPSA) is 70.2 Å². The molecule has 34 heavy (non-hydrogen) atoms. The van der Waals surface area contributed by atoms with Crippen LogP contribution in [0.5, 0.6) is 0 Å². The number of aryl methyl sites for hydroxylation is 1. The highest BCUT2D eigenvalue weighted by Gasteiger charge is 2.18. The fourth-order valence-electron chi connectivity index (χ4n) is 4.12. The lowest BCUT2D eigenvalue weighted by atomic mass is 10.0. The summed E-state index contributed by atoms with van der Waals surface area (Å²) in [6.45, 7) is 4.31. The molecule has 1 aromatic carbocycles. The van der Waals surface area contributed by atoms with Crippen molar-refractivity contribution in [3.63, 3.8) is 0 Å². The predicted octanol–water partition coefficient (Wildman–Crippen LogP) is 3.19. The summed E-state index contributed by atoms with van der Waals surface area (Å²) in [5, 5.41) is 6.08. The molecule has 0 saturated carbocycles. The third-order valence-electron chi connectivity index (χ3n) is 5.95. The second kappa shape index (κ2) is 10.2. The van der Waals surface area contributed by atoms with Crippen LogP contribution in [0.15, 0.2) is 49.1 Å². The molecule has 0 bridgehead atoms. The number of benzene rings is 1. The van der Waals surface area contributed by atoms with E-state index in [4.69, 9.17) is 14.6 Å². The third kappa shape index (κ3) is 4.96. The molecule has 0 spiro atoms. The first-order chi connectivity index (χ1) is 16.6. The van der Waals surface area contributed by atoms with E-state index >= 15 is 0 Å². The highest BCUT2D eigenvalue weighted by molar-refractivity contribution is 7.95. The molecule has 5 rings (SSSR count). The zero-order chi connectivity index (χ0) is 23.5. The van der Waals surface area contributed by atoms with Crippen molar-refractivity contribution in [2.24, 2.45) is 7.05 Å². The van der Waals surface area contributed by atoms with Gasteiger partial charge in [-0.15, -0.1) is 0 Å². The van der Waals surface area contributed by atoms with Crippen LogP contribution < -0.4 is 4.90 Å². The van der Waals surface area contributed by atoms with Gasteiger partial charge < -0.3 is 18.9 Å². The average Bonchev–Trinajstić information content (AvgIpc) is 3.46. The third-order valence-corrected chi connectivity index (χ3v) is 6.94. The van der Waals surface area contributed by atoms with E-state index in [0.29, 0.717) is 17.6 Å². The number of hydrogen-bond acceptors (Lipinski definition) is 6. The summed E-state index contributed by atoms with van der Waals surface area (Å²) in [6, 6.07) is 10.6. The molecule has 8 nitrogen and oxygen atoms in total. The maximum Gasteiger partial charge on any atom is 0.140 e. The van der Waals surface area contributed by atoms with Gasteiger partial charge in [0.2, 0.25) is 0 Å². The highest BCUT2D eigenvalue weighted by atomic mass is 32.2.